The van der Waals surface area contributed by atoms with E-state index in [-0.39, 0.29) is 19.4 Å². The van der Waals surface area contributed by atoms with Crippen molar-refractivity contribution in [3.05, 3.63) is 0 Å². The summed E-state index contributed by atoms with van der Waals surface area (Å²) in [6.07, 6.45) is -3.18. The van der Waals surface area contributed by atoms with E-state index in [4.69, 9.17) is 32.5 Å². The van der Waals surface area contributed by atoms with Gasteiger partial charge in [0.1, 0.15) is 32.5 Å². The van der Waals surface area contributed by atoms with Gasteiger partial charge in [-0.1, -0.05) is 13.8 Å². The fraction of sp³-hybridized carbons (Fsp3) is 0.800. The highest BCUT2D eigenvalue weighted by atomic mass is 31.2. The summed E-state index contributed by atoms with van der Waals surface area (Å²) >= 11 is 0. The molecule has 0 saturated carbocycles. The van der Waals surface area contributed by atoms with Crippen LogP contribution in [0.2, 0.25) is 0 Å². The molecule has 16 nitrogen and oxygen atoms in total. The molecular weight excluding hydrogens is 558 g/mol. The summed E-state index contributed by atoms with van der Waals surface area (Å²) in [4.78, 5) is 54.8. The summed E-state index contributed by atoms with van der Waals surface area (Å²) in [7, 11) is -7.58. The Labute approximate surface area is 220 Å². The Morgan fingerprint density at radius 1 is 0.789 bits per heavy atom. The first-order valence-corrected chi connectivity index (χ1v) is 14.1. The second-order valence-electron chi connectivity index (χ2n) is 7.46. The second-order valence-corrected chi connectivity index (χ2v) is 9.88. The van der Waals surface area contributed by atoms with Crippen molar-refractivity contribution in [3.63, 3.8) is 0 Å². The van der Waals surface area contributed by atoms with E-state index in [9.17, 15) is 38.3 Å². The highest BCUT2D eigenvalue weighted by molar-refractivity contribution is 7.47. The molecule has 0 aliphatic rings. The molecule has 0 amide bonds. The maximum Gasteiger partial charge on any atom is 0.697 e. The molecule has 0 radical (unpaired) electrons. The third-order valence-electron chi connectivity index (χ3n) is 3.88. The van der Waals surface area contributed by atoms with Gasteiger partial charge in [0.25, 0.3) is 0 Å². The molecule has 2 N–H and O–H groups in total. The fourth-order valence-corrected chi connectivity index (χ4v) is 3.59. The van der Waals surface area contributed by atoms with Crippen LogP contribution in [0.4, 0.5) is 0 Å². The third-order valence-corrected chi connectivity index (χ3v) is 5.55. The van der Waals surface area contributed by atoms with Crippen LogP contribution in [-0.2, 0) is 65.4 Å². The van der Waals surface area contributed by atoms with Crippen LogP contribution < -0.4 is 0 Å². The van der Waals surface area contributed by atoms with Crippen molar-refractivity contribution in [2.24, 2.45) is 0 Å². The number of esters is 4. The minimum Gasteiger partial charge on any atom is -0.462 e. The Hall–Kier alpha value is -2.03. The zero-order valence-electron chi connectivity index (χ0n) is 21.6. The monoisotopic (exact) mass is 593 g/mol. The van der Waals surface area contributed by atoms with Crippen molar-refractivity contribution < 1.29 is 75.4 Å². The van der Waals surface area contributed by atoms with E-state index < -0.39 is 91.3 Å². The number of phosphoric acid groups is 1. The molecule has 18 heteroatoms. The standard InChI is InChI=1S/C20H34O16P2/c1-5-7-20(25)36-18(11-30-15(4)22)13-34-38(27,28)33-9-16(23)8-31-37(26)32-12-17(10-29-14(3)21)35-19(24)6-2/h16-18,23H,5-13H2,1-4H3/p+1/t16-,17+,18+/m0/s1. The Bertz CT molecular complexity index is 819. The lowest BCUT2D eigenvalue weighted by Gasteiger charge is -2.19. The molecule has 0 aliphatic carbocycles. The zero-order valence-corrected chi connectivity index (χ0v) is 23.4. The van der Waals surface area contributed by atoms with Crippen molar-refractivity contribution in [1.82, 2.24) is 0 Å². The average molecular weight is 593 g/mol. The molecular formula is C20H35O16P2+. The molecule has 0 saturated heterocycles. The molecule has 220 valence electrons. The quantitative estimate of drug-likeness (QED) is 0.109. The molecule has 0 aliphatic heterocycles. The van der Waals surface area contributed by atoms with E-state index in [2.05, 4.69) is 4.52 Å². The summed E-state index contributed by atoms with van der Waals surface area (Å²) in [5.74, 6) is -2.54. The lowest BCUT2D eigenvalue weighted by atomic mass is 10.3. The van der Waals surface area contributed by atoms with Gasteiger partial charge in [-0.15, -0.1) is 9.05 Å². The van der Waals surface area contributed by atoms with Crippen LogP contribution in [0.15, 0.2) is 0 Å². The van der Waals surface area contributed by atoms with E-state index in [0.717, 1.165) is 13.8 Å². The first kappa shape index (κ1) is 36.0. The smallest absolute Gasteiger partial charge is 0.462 e. The molecule has 5 atom stereocenters. The number of hydrogen-bond donors (Lipinski definition) is 2. The third kappa shape index (κ3) is 20.0. The predicted octanol–water partition coefficient (Wildman–Crippen LogP) is 1.33. The molecule has 0 heterocycles. The van der Waals surface area contributed by atoms with Crippen molar-refractivity contribution in [3.8, 4) is 0 Å². The minimum absolute atomic E-state index is 0.0423. The van der Waals surface area contributed by atoms with Crippen LogP contribution in [0.5, 0.6) is 0 Å². The fourth-order valence-electron chi connectivity index (χ4n) is 2.14. The molecule has 0 aromatic carbocycles. The van der Waals surface area contributed by atoms with Gasteiger partial charge in [0.2, 0.25) is 0 Å². The van der Waals surface area contributed by atoms with Crippen LogP contribution in [0.1, 0.15) is 47.0 Å². The number of carbonyl (C=O) groups is 4. The molecule has 0 spiro atoms. The van der Waals surface area contributed by atoms with Gasteiger partial charge in [0, 0.05) is 31.3 Å². The topological polar surface area (TPSA) is 217 Å². The van der Waals surface area contributed by atoms with E-state index >= 15 is 0 Å². The summed E-state index contributed by atoms with van der Waals surface area (Å²) < 4.78 is 62.4. The molecule has 0 rings (SSSR count). The maximum absolute atomic E-state index is 12.1. The SMILES string of the molecule is CCCC(=O)O[C@H](COC(C)=O)COP(=O)(O)OC[C@@H](O)CO[P+](=O)OC[C@@H](COC(C)=O)OC(=O)CC. The Morgan fingerprint density at radius 2 is 1.29 bits per heavy atom. The first-order valence-electron chi connectivity index (χ1n) is 11.5. The maximum atomic E-state index is 12.1. The van der Waals surface area contributed by atoms with E-state index in [0.29, 0.717) is 6.42 Å². The van der Waals surface area contributed by atoms with Crippen molar-refractivity contribution in [1.29, 1.82) is 0 Å². The number of hydrogen-bond acceptors (Lipinski definition) is 15. The summed E-state index contributed by atoms with van der Waals surface area (Å²) in [6, 6.07) is 0. The number of ether oxygens (including phenoxy) is 4. The molecule has 0 fully saturated rings. The van der Waals surface area contributed by atoms with Gasteiger partial charge in [0.15, 0.2) is 12.2 Å². The predicted molar refractivity (Wildman–Crippen MR) is 125 cm³/mol. The van der Waals surface area contributed by atoms with Gasteiger partial charge >= 0.3 is 40.0 Å². The van der Waals surface area contributed by atoms with Crippen LogP contribution in [0, 0.1) is 0 Å². The number of phosphoric ester groups is 1. The summed E-state index contributed by atoms with van der Waals surface area (Å²) in [5, 5.41) is 9.86. The Morgan fingerprint density at radius 3 is 1.82 bits per heavy atom. The first-order chi connectivity index (χ1) is 17.8. The van der Waals surface area contributed by atoms with Crippen molar-refractivity contribution in [2.75, 3.05) is 39.6 Å². The Kier molecular flexibility index (Phi) is 18.9. The molecule has 0 aromatic rings. The van der Waals surface area contributed by atoms with Gasteiger partial charge in [0.05, 0.1) is 13.2 Å². The normalized spacial score (nSPS) is 15.4. The van der Waals surface area contributed by atoms with Crippen molar-refractivity contribution in [2.45, 2.75) is 65.3 Å². The van der Waals surface area contributed by atoms with Crippen molar-refractivity contribution >= 4 is 40.0 Å². The summed E-state index contributed by atoms with van der Waals surface area (Å²) in [6.45, 7) is 2.24. The highest BCUT2D eigenvalue weighted by Gasteiger charge is 2.30. The lowest BCUT2D eigenvalue weighted by molar-refractivity contribution is -0.160. The zero-order chi connectivity index (χ0) is 29.1. The van der Waals surface area contributed by atoms with Gasteiger partial charge in [-0.2, -0.15) is 0 Å². The average Bonchev–Trinajstić information content (AvgIpc) is 2.84. The molecule has 2 unspecified atom stereocenters. The molecule has 0 aromatic heterocycles. The highest BCUT2D eigenvalue weighted by Crippen LogP contribution is 2.43. The number of rotatable bonds is 21. The van der Waals surface area contributed by atoms with Gasteiger partial charge in [-0.3, -0.25) is 28.2 Å². The minimum atomic E-state index is -4.75. The lowest BCUT2D eigenvalue weighted by Crippen LogP contribution is -2.29. The van der Waals surface area contributed by atoms with Crippen LogP contribution in [0.25, 0.3) is 0 Å². The van der Waals surface area contributed by atoms with E-state index in [1.807, 2.05) is 0 Å². The Balaban J connectivity index is 4.54. The van der Waals surface area contributed by atoms with Gasteiger partial charge in [-0.25, -0.2) is 4.57 Å². The summed E-state index contributed by atoms with van der Waals surface area (Å²) in [5.41, 5.74) is 0. The van der Waals surface area contributed by atoms with Gasteiger partial charge < -0.3 is 28.9 Å². The van der Waals surface area contributed by atoms with E-state index in [1.165, 1.54) is 0 Å². The number of aliphatic hydroxyl groups excluding tert-OH is 1. The second kappa shape index (κ2) is 20.0. The van der Waals surface area contributed by atoms with Crippen LogP contribution in [0.3, 0.4) is 0 Å². The molecule has 38 heavy (non-hydrogen) atoms. The molecule has 0 bridgehead atoms. The van der Waals surface area contributed by atoms with Crippen LogP contribution >= 0.6 is 16.1 Å². The number of carbonyl (C=O) groups excluding carboxylic acids is 4. The largest absolute Gasteiger partial charge is 0.697 e. The van der Waals surface area contributed by atoms with E-state index in [1.54, 1.807) is 13.8 Å². The van der Waals surface area contributed by atoms with Gasteiger partial charge in [-0.05, 0) is 6.42 Å². The number of aliphatic hydroxyl groups is 1. The van der Waals surface area contributed by atoms with Crippen LogP contribution in [-0.4, -0.2) is 91.8 Å².